The molecule has 1 N–H and O–H groups in total. The van der Waals surface area contributed by atoms with E-state index in [2.05, 4.69) is 27.2 Å². The van der Waals surface area contributed by atoms with Crippen LogP contribution in [0.2, 0.25) is 0 Å². The Morgan fingerprint density at radius 3 is 2.94 bits per heavy atom. The minimum absolute atomic E-state index is 0.509. The minimum Gasteiger partial charge on any atom is -0.366 e. The van der Waals surface area contributed by atoms with Crippen LogP contribution in [0.5, 0.6) is 0 Å². The molecule has 0 spiro atoms. The lowest BCUT2D eigenvalue weighted by Gasteiger charge is -2.15. The summed E-state index contributed by atoms with van der Waals surface area (Å²) >= 11 is 0. The molecule has 5 heteroatoms. The molecule has 5 nitrogen and oxygen atoms in total. The second kappa shape index (κ2) is 4.65. The van der Waals surface area contributed by atoms with Gasteiger partial charge < -0.3 is 15.1 Å². The lowest BCUT2D eigenvalue weighted by atomic mass is 10.2. The Kier molecular flexibility index (Phi) is 3.24. The van der Waals surface area contributed by atoms with Crippen LogP contribution < -0.4 is 10.2 Å². The highest BCUT2D eigenvalue weighted by atomic mass is 15.2. The van der Waals surface area contributed by atoms with Gasteiger partial charge in [-0.1, -0.05) is 0 Å². The van der Waals surface area contributed by atoms with Gasteiger partial charge in [0.15, 0.2) is 0 Å². The molecule has 1 aromatic heterocycles. The molecule has 1 saturated heterocycles. The topological polar surface area (TPSA) is 44.3 Å². The smallest absolute Gasteiger partial charge is 0.226 e. The monoisotopic (exact) mass is 221 g/mol. The zero-order chi connectivity index (χ0) is 11.5. The maximum Gasteiger partial charge on any atom is 0.226 e. The van der Waals surface area contributed by atoms with E-state index in [1.807, 2.05) is 25.1 Å². The van der Waals surface area contributed by atoms with Crippen LogP contribution in [0.25, 0.3) is 0 Å². The molecule has 0 amide bonds. The van der Waals surface area contributed by atoms with E-state index < -0.39 is 0 Å². The van der Waals surface area contributed by atoms with Crippen LogP contribution in [0, 0.1) is 0 Å². The van der Waals surface area contributed by atoms with Crippen molar-refractivity contribution in [1.29, 1.82) is 0 Å². The molecule has 0 aromatic carbocycles. The van der Waals surface area contributed by atoms with Crippen molar-refractivity contribution in [3.8, 4) is 0 Å². The van der Waals surface area contributed by atoms with Crippen molar-refractivity contribution in [3.63, 3.8) is 0 Å². The first kappa shape index (κ1) is 11.1. The minimum atomic E-state index is 0.509. The average molecular weight is 221 g/mol. The number of nitrogens with zero attached hydrogens (tertiary/aromatic N) is 4. The number of hydrogen-bond acceptors (Lipinski definition) is 5. The number of likely N-dealkylation sites (tertiary alicyclic amines) is 1. The summed E-state index contributed by atoms with van der Waals surface area (Å²) in [6.45, 7) is 2.24. The second-order valence-corrected chi connectivity index (χ2v) is 4.53. The van der Waals surface area contributed by atoms with Gasteiger partial charge in [-0.25, -0.2) is 4.98 Å². The predicted molar refractivity (Wildman–Crippen MR) is 65.9 cm³/mol. The fourth-order valence-electron chi connectivity index (χ4n) is 1.91. The molecule has 0 bridgehead atoms. The van der Waals surface area contributed by atoms with E-state index in [0.717, 1.165) is 24.9 Å². The van der Waals surface area contributed by atoms with E-state index in [0.29, 0.717) is 6.04 Å². The summed E-state index contributed by atoms with van der Waals surface area (Å²) in [4.78, 5) is 12.9. The summed E-state index contributed by atoms with van der Waals surface area (Å²) in [5.74, 6) is 1.66. The molecule has 16 heavy (non-hydrogen) atoms. The Bertz CT molecular complexity index is 352. The Balaban J connectivity index is 2.01. The van der Waals surface area contributed by atoms with Crippen LogP contribution in [0.15, 0.2) is 12.3 Å². The number of nitrogens with one attached hydrogen (secondary N) is 1. The zero-order valence-corrected chi connectivity index (χ0v) is 10.1. The van der Waals surface area contributed by atoms with Gasteiger partial charge >= 0.3 is 0 Å². The summed E-state index contributed by atoms with van der Waals surface area (Å²) in [5.41, 5.74) is 0. The van der Waals surface area contributed by atoms with Crippen LogP contribution in [-0.2, 0) is 0 Å². The summed E-state index contributed by atoms with van der Waals surface area (Å²) in [6.07, 6.45) is 2.97. The first-order valence-electron chi connectivity index (χ1n) is 5.60. The van der Waals surface area contributed by atoms with Gasteiger partial charge in [0, 0.05) is 32.9 Å². The summed E-state index contributed by atoms with van der Waals surface area (Å²) < 4.78 is 0. The fraction of sp³-hybridized carbons (Fsp3) is 0.636. The first-order chi connectivity index (χ1) is 7.65. The molecule has 1 unspecified atom stereocenters. The second-order valence-electron chi connectivity index (χ2n) is 4.53. The van der Waals surface area contributed by atoms with Crippen molar-refractivity contribution >= 4 is 11.8 Å². The molecule has 1 aliphatic heterocycles. The zero-order valence-electron chi connectivity index (χ0n) is 10.1. The molecular weight excluding hydrogens is 202 g/mol. The van der Waals surface area contributed by atoms with E-state index in [-0.39, 0.29) is 0 Å². The number of aromatic nitrogens is 2. The lowest BCUT2D eigenvalue weighted by Crippen LogP contribution is -2.24. The highest BCUT2D eigenvalue weighted by Crippen LogP contribution is 2.14. The Morgan fingerprint density at radius 2 is 2.31 bits per heavy atom. The Morgan fingerprint density at radius 1 is 1.50 bits per heavy atom. The standard InChI is InChI=1S/C11H19N5/c1-15(2)11-12-6-4-10(14-11)13-9-5-7-16(3)8-9/h4,6,9H,5,7-8H2,1-3H3,(H,12,13,14). The summed E-state index contributed by atoms with van der Waals surface area (Å²) in [5, 5.41) is 3.45. The van der Waals surface area contributed by atoms with Gasteiger partial charge in [0.2, 0.25) is 5.95 Å². The van der Waals surface area contributed by atoms with Crippen LogP contribution >= 0.6 is 0 Å². The number of anilines is 2. The van der Waals surface area contributed by atoms with Gasteiger partial charge in [-0.05, 0) is 26.1 Å². The van der Waals surface area contributed by atoms with E-state index in [1.54, 1.807) is 6.20 Å². The maximum atomic E-state index is 4.45. The van der Waals surface area contributed by atoms with E-state index in [1.165, 1.54) is 6.42 Å². The van der Waals surface area contributed by atoms with Crippen molar-refractivity contribution in [3.05, 3.63) is 12.3 Å². The normalized spacial score (nSPS) is 21.1. The van der Waals surface area contributed by atoms with E-state index in [4.69, 9.17) is 0 Å². The molecule has 1 aliphatic rings. The van der Waals surface area contributed by atoms with Gasteiger partial charge in [-0.2, -0.15) is 4.98 Å². The van der Waals surface area contributed by atoms with E-state index in [9.17, 15) is 0 Å². The number of rotatable bonds is 3. The maximum absolute atomic E-state index is 4.45. The summed E-state index contributed by atoms with van der Waals surface area (Å²) in [7, 11) is 6.04. The SMILES string of the molecule is CN1CCC(Nc2ccnc(N(C)C)n2)C1. The largest absolute Gasteiger partial charge is 0.366 e. The van der Waals surface area contributed by atoms with Gasteiger partial charge in [0.05, 0.1) is 0 Å². The first-order valence-corrected chi connectivity index (χ1v) is 5.60. The highest BCUT2D eigenvalue weighted by molar-refractivity contribution is 5.41. The van der Waals surface area contributed by atoms with Crippen LogP contribution in [0.3, 0.4) is 0 Å². The average Bonchev–Trinajstić information content (AvgIpc) is 2.64. The Labute approximate surface area is 96.5 Å². The molecule has 2 heterocycles. The summed E-state index contributed by atoms with van der Waals surface area (Å²) in [6, 6.07) is 2.43. The number of likely N-dealkylation sites (N-methyl/N-ethyl adjacent to an activating group) is 1. The van der Waals surface area contributed by atoms with Crippen LogP contribution in [0.1, 0.15) is 6.42 Å². The molecule has 88 valence electrons. The molecule has 1 atom stereocenters. The molecule has 0 aliphatic carbocycles. The predicted octanol–water partition coefficient (Wildman–Crippen LogP) is 0.659. The van der Waals surface area contributed by atoms with Gasteiger partial charge in [0.1, 0.15) is 5.82 Å². The van der Waals surface area contributed by atoms with Gasteiger partial charge in [0.25, 0.3) is 0 Å². The Hall–Kier alpha value is -1.36. The molecule has 1 aromatic rings. The highest BCUT2D eigenvalue weighted by Gasteiger charge is 2.19. The number of hydrogen-bond donors (Lipinski definition) is 1. The van der Waals surface area contributed by atoms with Crippen LogP contribution in [0.4, 0.5) is 11.8 Å². The van der Waals surface area contributed by atoms with Gasteiger partial charge in [-0.15, -0.1) is 0 Å². The third-order valence-electron chi connectivity index (χ3n) is 2.79. The molecular formula is C11H19N5. The van der Waals surface area contributed by atoms with Gasteiger partial charge in [-0.3, -0.25) is 0 Å². The molecule has 0 saturated carbocycles. The lowest BCUT2D eigenvalue weighted by molar-refractivity contribution is 0.414. The molecule has 2 rings (SSSR count). The van der Waals surface area contributed by atoms with Crippen LogP contribution in [-0.4, -0.2) is 55.1 Å². The van der Waals surface area contributed by atoms with Crippen molar-refractivity contribution in [1.82, 2.24) is 14.9 Å². The third-order valence-corrected chi connectivity index (χ3v) is 2.79. The van der Waals surface area contributed by atoms with Crippen molar-refractivity contribution in [2.45, 2.75) is 12.5 Å². The molecule has 1 fully saturated rings. The fourth-order valence-corrected chi connectivity index (χ4v) is 1.91. The van der Waals surface area contributed by atoms with Crippen molar-refractivity contribution < 1.29 is 0 Å². The van der Waals surface area contributed by atoms with Crippen molar-refractivity contribution in [2.24, 2.45) is 0 Å². The van der Waals surface area contributed by atoms with E-state index >= 15 is 0 Å². The quantitative estimate of drug-likeness (QED) is 0.812. The van der Waals surface area contributed by atoms with Crippen molar-refractivity contribution in [2.75, 3.05) is 44.4 Å². The third kappa shape index (κ3) is 2.61. The molecule has 0 radical (unpaired) electrons.